The van der Waals surface area contributed by atoms with Gasteiger partial charge in [-0.15, -0.1) is 6.58 Å². The first-order valence-electron chi connectivity index (χ1n) is 8.95. The zero-order valence-electron chi connectivity index (χ0n) is 16.6. The highest BCUT2D eigenvalue weighted by molar-refractivity contribution is 7.71. The van der Waals surface area contributed by atoms with Crippen LogP contribution in [0.2, 0.25) is 5.02 Å². The summed E-state index contributed by atoms with van der Waals surface area (Å²) in [6, 6.07) is 3.10. The number of nitrogens with one attached hydrogen (secondary N) is 2. The van der Waals surface area contributed by atoms with Crippen molar-refractivity contribution in [2.75, 3.05) is 19.0 Å². The van der Waals surface area contributed by atoms with Crippen molar-refractivity contribution in [2.24, 2.45) is 0 Å². The van der Waals surface area contributed by atoms with Crippen molar-refractivity contribution in [3.63, 3.8) is 0 Å². The fraction of sp³-hybridized carbons (Fsp3) is 0.263. The van der Waals surface area contributed by atoms with Crippen LogP contribution in [0.1, 0.15) is 23.0 Å². The molecule has 0 saturated heterocycles. The van der Waals surface area contributed by atoms with Gasteiger partial charge in [0, 0.05) is 12.1 Å². The van der Waals surface area contributed by atoms with E-state index in [-0.39, 0.29) is 10.9 Å². The van der Waals surface area contributed by atoms with E-state index in [1.807, 2.05) is 18.4 Å². The van der Waals surface area contributed by atoms with Crippen LogP contribution in [0.4, 0.5) is 5.13 Å². The molecule has 0 bridgehead atoms. The molecule has 0 aliphatic carbocycles. The van der Waals surface area contributed by atoms with Crippen LogP contribution in [0.3, 0.4) is 0 Å². The van der Waals surface area contributed by atoms with Gasteiger partial charge in [0.25, 0.3) is 5.91 Å². The second kappa shape index (κ2) is 9.41. The summed E-state index contributed by atoms with van der Waals surface area (Å²) in [6.07, 6.45) is 1.73. The number of carbonyl (C=O) groups is 1. The Hall–Kier alpha value is -2.69. The summed E-state index contributed by atoms with van der Waals surface area (Å²) in [5.41, 5.74) is 1.04. The first kappa shape index (κ1) is 22.0. The Balaban J connectivity index is 1.89. The second-order valence-corrected chi connectivity index (χ2v) is 7.85. The summed E-state index contributed by atoms with van der Waals surface area (Å²) >= 11 is 12.8. The lowest BCUT2D eigenvalue weighted by Gasteiger charge is -2.12. The maximum Gasteiger partial charge on any atom is 0.257 e. The fourth-order valence-electron chi connectivity index (χ4n) is 2.75. The maximum absolute atomic E-state index is 12.8. The number of aromatic nitrogens is 4. The number of hydrogen-bond donors (Lipinski definition) is 2. The predicted octanol–water partition coefficient (Wildman–Crippen LogP) is 4.87. The number of methoxy groups -OCH3 is 1. The van der Waals surface area contributed by atoms with Gasteiger partial charge in [-0.05, 0) is 38.2 Å². The third kappa shape index (κ3) is 4.40. The zero-order valence-corrected chi connectivity index (χ0v) is 19.0. The van der Waals surface area contributed by atoms with Gasteiger partial charge in [0.05, 0.1) is 29.3 Å². The number of aromatic amines is 1. The lowest BCUT2D eigenvalue weighted by molar-refractivity contribution is 0.102. The zero-order chi connectivity index (χ0) is 21.8. The van der Waals surface area contributed by atoms with Crippen molar-refractivity contribution in [1.29, 1.82) is 0 Å². The van der Waals surface area contributed by atoms with Crippen LogP contribution in [0.25, 0.3) is 10.7 Å². The number of rotatable bonds is 8. The highest BCUT2D eigenvalue weighted by atomic mass is 35.5. The predicted molar refractivity (Wildman–Crippen MR) is 121 cm³/mol. The van der Waals surface area contributed by atoms with E-state index in [0.29, 0.717) is 45.9 Å². The van der Waals surface area contributed by atoms with Gasteiger partial charge < -0.3 is 9.47 Å². The molecule has 11 heteroatoms. The molecule has 0 aliphatic rings. The SMILES string of the molecule is C=CCn1c(-c2sc(NC(=O)c3cc(Cl)c(OCC)c(OC)c3)nc2C)n[nH]c1=S. The molecular formula is C19H20ClN5O3S2. The monoisotopic (exact) mass is 465 g/mol. The molecule has 158 valence electrons. The van der Waals surface area contributed by atoms with Gasteiger partial charge in [0.1, 0.15) is 0 Å². The Morgan fingerprint density at radius 2 is 2.27 bits per heavy atom. The molecule has 2 heterocycles. The molecule has 30 heavy (non-hydrogen) atoms. The molecular weight excluding hydrogens is 446 g/mol. The molecule has 8 nitrogen and oxygen atoms in total. The molecule has 0 saturated carbocycles. The molecule has 2 aromatic heterocycles. The number of thiazole rings is 1. The normalized spacial score (nSPS) is 10.7. The van der Waals surface area contributed by atoms with E-state index in [0.717, 1.165) is 10.6 Å². The largest absolute Gasteiger partial charge is 0.493 e. The van der Waals surface area contributed by atoms with E-state index < -0.39 is 0 Å². The van der Waals surface area contributed by atoms with E-state index in [1.165, 1.54) is 24.5 Å². The van der Waals surface area contributed by atoms with Crippen LogP contribution in [0.5, 0.6) is 11.5 Å². The number of ether oxygens (including phenoxy) is 2. The van der Waals surface area contributed by atoms with Crippen LogP contribution in [0.15, 0.2) is 24.8 Å². The number of amides is 1. The number of allylic oxidation sites excluding steroid dienone is 1. The quantitative estimate of drug-likeness (QED) is 0.364. The molecule has 3 rings (SSSR count). The Kier molecular flexibility index (Phi) is 6.91. The van der Waals surface area contributed by atoms with E-state index >= 15 is 0 Å². The van der Waals surface area contributed by atoms with E-state index in [2.05, 4.69) is 27.1 Å². The van der Waals surface area contributed by atoms with Gasteiger partial charge in [-0.2, -0.15) is 5.10 Å². The molecule has 0 unspecified atom stereocenters. The highest BCUT2D eigenvalue weighted by Gasteiger charge is 2.20. The van der Waals surface area contributed by atoms with Crippen molar-refractivity contribution < 1.29 is 14.3 Å². The number of aryl methyl sites for hydroxylation is 1. The van der Waals surface area contributed by atoms with Gasteiger partial charge in [0.15, 0.2) is 27.2 Å². The second-order valence-electron chi connectivity index (χ2n) is 6.06. The third-order valence-corrected chi connectivity index (χ3v) is 5.73. The Labute approximate surface area is 187 Å². The molecule has 0 spiro atoms. The van der Waals surface area contributed by atoms with Gasteiger partial charge in [-0.25, -0.2) is 4.98 Å². The Morgan fingerprint density at radius 1 is 1.50 bits per heavy atom. The number of halogens is 1. The summed E-state index contributed by atoms with van der Waals surface area (Å²) in [7, 11) is 1.49. The summed E-state index contributed by atoms with van der Waals surface area (Å²) in [6.45, 7) is 8.36. The van der Waals surface area contributed by atoms with Crippen LogP contribution < -0.4 is 14.8 Å². The van der Waals surface area contributed by atoms with Crippen molar-refractivity contribution in [3.8, 4) is 22.2 Å². The molecule has 2 N–H and O–H groups in total. The van der Waals surface area contributed by atoms with Crippen molar-refractivity contribution in [3.05, 3.63) is 45.8 Å². The minimum atomic E-state index is -0.372. The number of carbonyl (C=O) groups excluding carboxylic acids is 1. The number of nitrogens with zero attached hydrogens (tertiary/aromatic N) is 3. The lowest BCUT2D eigenvalue weighted by Crippen LogP contribution is -2.12. The van der Waals surface area contributed by atoms with E-state index in [4.69, 9.17) is 33.3 Å². The number of benzene rings is 1. The minimum Gasteiger partial charge on any atom is -0.493 e. The van der Waals surface area contributed by atoms with Gasteiger partial charge in [-0.1, -0.05) is 29.0 Å². The number of anilines is 1. The smallest absolute Gasteiger partial charge is 0.257 e. The topological polar surface area (TPSA) is 94.1 Å². The van der Waals surface area contributed by atoms with Gasteiger partial charge in [0.2, 0.25) is 0 Å². The number of H-pyrrole nitrogens is 1. The van der Waals surface area contributed by atoms with Crippen LogP contribution in [-0.2, 0) is 6.54 Å². The standard InChI is InChI=1S/C19H20ClN5O3S2/c1-5-7-25-16(23-24-19(25)29)15-10(3)21-18(30-15)22-17(26)11-8-12(20)14(28-6-2)13(9-11)27-4/h5,8-9H,1,6-7H2,2-4H3,(H,24,29)(H,21,22,26). The first-order valence-corrected chi connectivity index (χ1v) is 10.5. The Bertz CT molecular complexity index is 1150. The third-order valence-electron chi connectivity index (χ3n) is 4.07. The van der Waals surface area contributed by atoms with Gasteiger partial charge in [-0.3, -0.25) is 19.8 Å². The fourth-order valence-corrected chi connectivity index (χ4v) is 4.18. The minimum absolute atomic E-state index is 0.289. The molecule has 0 aliphatic heterocycles. The Morgan fingerprint density at radius 3 is 2.93 bits per heavy atom. The van der Waals surface area contributed by atoms with E-state index in [1.54, 1.807) is 12.1 Å². The molecule has 1 amide bonds. The van der Waals surface area contributed by atoms with E-state index in [9.17, 15) is 4.79 Å². The first-order chi connectivity index (χ1) is 14.4. The number of hydrogen-bond acceptors (Lipinski definition) is 7. The highest BCUT2D eigenvalue weighted by Crippen LogP contribution is 2.37. The molecule has 3 aromatic rings. The summed E-state index contributed by atoms with van der Waals surface area (Å²) < 4.78 is 13.1. The lowest BCUT2D eigenvalue weighted by atomic mass is 10.2. The van der Waals surface area contributed by atoms with Crippen molar-refractivity contribution >= 4 is 46.2 Å². The molecule has 1 aromatic carbocycles. The van der Waals surface area contributed by atoms with Crippen LogP contribution >= 0.6 is 35.2 Å². The summed E-state index contributed by atoms with van der Waals surface area (Å²) in [4.78, 5) is 18.0. The molecule has 0 atom stereocenters. The van der Waals surface area contributed by atoms with Crippen LogP contribution in [-0.4, -0.2) is 39.4 Å². The summed E-state index contributed by atoms with van der Waals surface area (Å²) in [5.74, 6) is 1.05. The van der Waals surface area contributed by atoms with Crippen molar-refractivity contribution in [2.45, 2.75) is 20.4 Å². The maximum atomic E-state index is 12.8. The average Bonchev–Trinajstić information content (AvgIpc) is 3.25. The van der Waals surface area contributed by atoms with Gasteiger partial charge >= 0.3 is 0 Å². The average molecular weight is 466 g/mol. The molecule has 0 radical (unpaired) electrons. The van der Waals surface area contributed by atoms with Crippen molar-refractivity contribution in [1.82, 2.24) is 19.7 Å². The summed E-state index contributed by atoms with van der Waals surface area (Å²) in [5, 5.41) is 10.6. The molecule has 0 fully saturated rings. The van der Waals surface area contributed by atoms with Crippen LogP contribution in [0, 0.1) is 11.7 Å².